The zero-order valence-corrected chi connectivity index (χ0v) is 7.74. The van der Waals surface area contributed by atoms with Crippen LogP contribution >= 0.6 is 11.8 Å². The van der Waals surface area contributed by atoms with Crippen molar-refractivity contribution in [1.29, 1.82) is 0 Å². The number of carbonyl (C=O) groups is 1. The Morgan fingerprint density at radius 2 is 2.17 bits per heavy atom. The standard InChI is InChI=1S/C9H9FOS/c1-6-3-8(10)7(5-11)4-9(6)12-2/h3-5H,1-2H3. The highest BCUT2D eigenvalue weighted by Crippen LogP contribution is 2.22. The maximum atomic E-state index is 12.9. The molecule has 1 aromatic carbocycles. The van der Waals surface area contributed by atoms with E-state index in [1.54, 1.807) is 6.07 Å². The van der Waals surface area contributed by atoms with Crippen LogP contribution in [-0.4, -0.2) is 12.5 Å². The predicted octanol–water partition coefficient (Wildman–Crippen LogP) is 2.67. The van der Waals surface area contributed by atoms with Gasteiger partial charge in [-0.25, -0.2) is 4.39 Å². The summed E-state index contributed by atoms with van der Waals surface area (Å²) in [7, 11) is 0. The summed E-state index contributed by atoms with van der Waals surface area (Å²) in [6.45, 7) is 1.82. The number of hydrogen-bond donors (Lipinski definition) is 0. The Balaban J connectivity index is 3.26. The van der Waals surface area contributed by atoms with E-state index in [0.29, 0.717) is 6.29 Å². The van der Waals surface area contributed by atoms with Crippen molar-refractivity contribution in [2.75, 3.05) is 6.26 Å². The maximum absolute atomic E-state index is 12.9. The third-order valence-corrected chi connectivity index (χ3v) is 2.52. The van der Waals surface area contributed by atoms with Crippen LogP contribution in [0.5, 0.6) is 0 Å². The van der Waals surface area contributed by atoms with E-state index in [9.17, 15) is 9.18 Å². The molecule has 0 atom stereocenters. The lowest BCUT2D eigenvalue weighted by Gasteiger charge is -2.03. The van der Waals surface area contributed by atoms with Gasteiger partial charge in [-0.15, -0.1) is 11.8 Å². The molecular formula is C9H9FOS. The molecule has 0 aliphatic heterocycles. The molecule has 0 N–H and O–H groups in total. The van der Waals surface area contributed by atoms with Gasteiger partial charge in [0.25, 0.3) is 0 Å². The molecule has 0 aliphatic carbocycles. The number of aldehydes is 1. The van der Waals surface area contributed by atoms with Gasteiger partial charge in [-0.05, 0) is 30.9 Å². The van der Waals surface area contributed by atoms with E-state index in [2.05, 4.69) is 0 Å². The van der Waals surface area contributed by atoms with Crippen molar-refractivity contribution in [3.8, 4) is 0 Å². The highest BCUT2D eigenvalue weighted by atomic mass is 32.2. The van der Waals surface area contributed by atoms with Crippen molar-refractivity contribution in [2.45, 2.75) is 11.8 Å². The van der Waals surface area contributed by atoms with E-state index >= 15 is 0 Å². The molecule has 12 heavy (non-hydrogen) atoms. The smallest absolute Gasteiger partial charge is 0.153 e. The van der Waals surface area contributed by atoms with E-state index < -0.39 is 5.82 Å². The van der Waals surface area contributed by atoms with Gasteiger partial charge in [0.1, 0.15) is 5.82 Å². The average molecular weight is 184 g/mol. The Bertz CT molecular complexity index is 310. The first kappa shape index (κ1) is 9.26. The summed E-state index contributed by atoms with van der Waals surface area (Å²) in [5, 5.41) is 0. The van der Waals surface area contributed by atoms with E-state index in [1.165, 1.54) is 17.8 Å². The molecule has 0 spiro atoms. The van der Waals surface area contributed by atoms with Crippen LogP contribution in [0.3, 0.4) is 0 Å². The normalized spacial score (nSPS) is 9.92. The fraction of sp³-hybridized carbons (Fsp3) is 0.222. The molecule has 0 unspecified atom stereocenters. The van der Waals surface area contributed by atoms with Crippen LogP contribution in [-0.2, 0) is 0 Å². The lowest BCUT2D eigenvalue weighted by molar-refractivity contribution is 0.111. The van der Waals surface area contributed by atoms with E-state index in [4.69, 9.17) is 0 Å². The van der Waals surface area contributed by atoms with Crippen molar-refractivity contribution in [3.63, 3.8) is 0 Å². The molecule has 3 heteroatoms. The minimum atomic E-state index is -0.444. The Hall–Kier alpha value is -0.830. The van der Waals surface area contributed by atoms with Crippen LogP contribution in [0.1, 0.15) is 15.9 Å². The lowest BCUT2D eigenvalue weighted by Crippen LogP contribution is -1.90. The van der Waals surface area contributed by atoms with Crippen molar-refractivity contribution in [3.05, 3.63) is 29.1 Å². The zero-order chi connectivity index (χ0) is 9.14. The van der Waals surface area contributed by atoms with Crippen LogP contribution in [0.15, 0.2) is 17.0 Å². The van der Waals surface area contributed by atoms with Gasteiger partial charge in [-0.1, -0.05) is 0 Å². The highest BCUT2D eigenvalue weighted by molar-refractivity contribution is 7.98. The third-order valence-electron chi connectivity index (χ3n) is 1.64. The molecule has 0 fully saturated rings. The summed E-state index contributed by atoms with van der Waals surface area (Å²) in [4.78, 5) is 11.3. The number of thioether (sulfide) groups is 1. The largest absolute Gasteiger partial charge is 0.298 e. The minimum absolute atomic E-state index is 0.130. The average Bonchev–Trinajstić information content (AvgIpc) is 2.05. The van der Waals surface area contributed by atoms with Gasteiger partial charge in [0, 0.05) is 4.90 Å². The number of rotatable bonds is 2. The SMILES string of the molecule is CSc1cc(C=O)c(F)cc1C. The topological polar surface area (TPSA) is 17.1 Å². The molecule has 0 saturated heterocycles. The number of benzene rings is 1. The van der Waals surface area contributed by atoms with Gasteiger partial charge in [0.15, 0.2) is 6.29 Å². The first-order valence-corrected chi connectivity index (χ1v) is 4.71. The second kappa shape index (κ2) is 3.72. The molecule has 1 rings (SSSR count). The quantitative estimate of drug-likeness (QED) is 0.519. The summed E-state index contributed by atoms with van der Waals surface area (Å²) < 4.78 is 12.9. The van der Waals surface area contributed by atoms with Gasteiger partial charge >= 0.3 is 0 Å². The molecule has 0 amide bonds. The first-order valence-electron chi connectivity index (χ1n) is 3.48. The molecule has 0 heterocycles. The summed E-state index contributed by atoms with van der Waals surface area (Å²) >= 11 is 1.51. The molecule has 0 aliphatic rings. The molecule has 1 aromatic rings. The highest BCUT2D eigenvalue weighted by Gasteiger charge is 2.04. The molecule has 0 saturated carbocycles. The molecule has 0 aromatic heterocycles. The van der Waals surface area contributed by atoms with Gasteiger partial charge in [-0.3, -0.25) is 4.79 Å². The summed E-state index contributed by atoms with van der Waals surface area (Å²) in [5.41, 5.74) is 0.996. The van der Waals surface area contributed by atoms with Crippen molar-refractivity contribution in [1.82, 2.24) is 0 Å². The van der Waals surface area contributed by atoms with Gasteiger partial charge < -0.3 is 0 Å². The number of hydrogen-bond acceptors (Lipinski definition) is 2. The summed E-state index contributed by atoms with van der Waals surface area (Å²) in [5.74, 6) is -0.444. The van der Waals surface area contributed by atoms with Crippen molar-refractivity contribution in [2.24, 2.45) is 0 Å². The Kier molecular flexibility index (Phi) is 2.87. The predicted molar refractivity (Wildman–Crippen MR) is 48.3 cm³/mol. The zero-order valence-electron chi connectivity index (χ0n) is 6.93. The molecule has 1 nitrogen and oxygen atoms in total. The number of halogens is 1. The van der Waals surface area contributed by atoms with Gasteiger partial charge in [0.05, 0.1) is 5.56 Å². The Morgan fingerprint density at radius 1 is 1.50 bits per heavy atom. The second-order valence-electron chi connectivity index (χ2n) is 2.46. The Morgan fingerprint density at radius 3 is 2.67 bits per heavy atom. The molecule has 0 bridgehead atoms. The van der Waals surface area contributed by atoms with Gasteiger partial charge in [-0.2, -0.15) is 0 Å². The maximum Gasteiger partial charge on any atom is 0.153 e. The summed E-state index contributed by atoms with van der Waals surface area (Å²) in [6, 6.07) is 2.96. The summed E-state index contributed by atoms with van der Waals surface area (Å²) in [6.07, 6.45) is 2.43. The van der Waals surface area contributed by atoms with Crippen molar-refractivity contribution >= 4 is 18.0 Å². The van der Waals surface area contributed by atoms with Crippen LogP contribution in [0.4, 0.5) is 4.39 Å². The fourth-order valence-electron chi connectivity index (χ4n) is 0.979. The van der Waals surface area contributed by atoms with Crippen LogP contribution in [0, 0.1) is 12.7 Å². The number of carbonyl (C=O) groups excluding carboxylic acids is 1. The molecule has 64 valence electrons. The Labute approximate surface area is 75.0 Å². The molecule has 0 radical (unpaired) electrons. The third kappa shape index (κ3) is 1.67. The monoisotopic (exact) mass is 184 g/mol. The van der Waals surface area contributed by atoms with E-state index in [-0.39, 0.29) is 5.56 Å². The van der Waals surface area contributed by atoms with E-state index in [0.717, 1.165) is 10.5 Å². The van der Waals surface area contributed by atoms with Gasteiger partial charge in [0.2, 0.25) is 0 Å². The number of aryl methyl sites for hydroxylation is 1. The lowest BCUT2D eigenvalue weighted by atomic mass is 10.1. The molecular weight excluding hydrogens is 175 g/mol. The second-order valence-corrected chi connectivity index (χ2v) is 3.31. The minimum Gasteiger partial charge on any atom is -0.298 e. The van der Waals surface area contributed by atoms with E-state index in [1.807, 2.05) is 13.2 Å². The van der Waals surface area contributed by atoms with Crippen molar-refractivity contribution < 1.29 is 9.18 Å². The van der Waals surface area contributed by atoms with Crippen LogP contribution in [0.25, 0.3) is 0 Å². The fourth-order valence-corrected chi connectivity index (χ4v) is 1.60. The van der Waals surface area contributed by atoms with Crippen LogP contribution < -0.4 is 0 Å². The van der Waals surface area contributed by atoms with Crippen LogP contribution in [0.2, 0.25) is 0 Å². The first-order chi connectivity index (χ1) is 5.69.